The summed E-state index contributed by atoms with van der Waals surface area (Å²) in [6.45, 7) is 1.80. The lowest BCUT2D eigenvalue weighted by Gasteiger charge is -2.12. The number of benzene rings is 1. The number of nitrogens with zero attached hydrogens (tertiary/aromatic N) is 2. The molecule has 0 amide bonds. The minimum absolute atomic E-state index is 0.0435. The second kappa shape index (κ2) is 6.47. The summed E-state index contributed by atoms with van der Waals surface area (Å²) in [4.78, 5) is 30.0. The van der Waals surface area contributed by atoms with Crippen LogP contribution in [0.4, 0.5) is 0 Å². The molecule has 1 atom stereocenters. The summed E-state index contributed by atoms with van der Waals surface area (Å²) in [7, 11) is 1.67. The number of rotatable bonds is 4. The molecule has 3 rings (SSSR count). The van der Waals surface area contributed by atoms with Crippen LogP contribution in [0.1, 0.15) is 17.3 Å². The van der Waals surface area contributed by atoms with E-state index in [2.05, 4.69) is 4.98 Å². The lowest BCUT2D eigenvalue weighted by Crippen LogP contribution is -2.21. The van der Waals surface area contributed by atoms with E-state index in [1.807, 2.05) is 5.38 Å². The Hall–Kier alpha value is -1.63. The van der Waals surface area contributed by atoms with Crippen molar-refractivity contribution in [2.75, 3.05) is 0 Å². The molecule has 4 nitrogen and oxygen atoms in total. The molecule has 0 radical (unpaired) electrons. The van der Waals surface area contributed by atoms with Gasteiger partial charge in [0.25, 0.3) is 5.56 Å². The highest BCUT2D eigenvalue weighted by atomic mass is 35.5. The third kappa shape index (κ3) is 3.20. The first kappa shape index (κ1) is 16.2. The molecule has 7 heteroatoms. The fourth-order valence-electron chi connectivity index (χ4n) is 2.17. The fraction of sp³-hybridized carbons (Fsp3) is 0.188. The molecule has 0 saturated carbocycles. The highest BCUT2D eigenvalue weighted by Gasteiger charge is 2.20. The minimum atomic E-state index is -0.371. The van der Waals surface area contributed by atoms with Crippen LogP contribution in [0.25, 0.3) is 10.2 Å². The van der Waals surface area contributed by atoms with Crippen molar-refractivity contribution < 1.29 is 4.79 Å². The summed E-state index contributed by atoms with van der Waals surface area (Å²) in [6, 6.07) is 8.63. The molecule has 0 bridgehead atoms. The van der Waals surface area contributed by atoms with E-state index in [-0.39, 0.29) is 16.6 Å². The summed E-state index contributed by atoms with van der Waals surface area (Å²) in [5.74, 6) is -0.0435. The van der Waals surface area contributed by atoms with Crippen LogP contribution in [0.2, 0.25) is 5.02 Å². The molecule has 0 aliphatic heterocycles. The van der Waals surface area contributed by atoms with Gasteiger partial charge < -0.3 is 0 Å². The molecule has 1 aromatic carbocycles. The normalized spacial score (nSPS) is 12.5. The van der Waals surface area contributed by atoms with Gasteiger partial charge in [-0.3, -0.25) is 14.2 Å². The Morgan fingerprint density at radius 1 is 1.39 bits per heavy atom. The van der Waals surface area contributed by atoms with Crippen molar-refractivity contribution in [2.24, 2.45) is 7.05 Å². The van der Waals surface area contributed by atoms with Gasteiger partial charge in [-0.05, 0) is 30.5 Å². The minimum Gasteiger partial charge on any atom is -0.293 e. The average molecular weight is 365 g/mol. The zero-order chi connectivity index (χ0) is 16.6. The van der Waals surface area contributed by atoms with Crippen LogP contribution in [0.15, 0.2) is 45.7 Å². The highest BCUT2D eigenvalue weighted by Crippen LogP contribution is 2.26. The number of hydrogen-bond acceptors (Lipinski definition) is 5. The number of Topliss-reactive ketones (excluding diaryl/α,β-unsaturated/α-hetero) is 1. The third-order valence-electron chi connectivity index (χ3n) is 3.42. The second-order valence-electron chi connectivity index (χ2n) is 5.03. The smallest absolute Gasteiger partial charge is 0.262 e. The molecule has 0 N–H and O–H groups in total. The highest BCUT2D eigenvalue weighted by molar-refractivity contribution is 8.00. The molecule has 118 valence electrons. The molecule has 0 aliphatic rings. The molecule has 2 aromatic heterocycles. The number of fused-ring (bicyclic) bond motifs is 1. The summed E-state index contributed by atoms with van der Waals surface area (Å²) < 4.78 is 1.49. The van der Waals surface area contributed by atoms with Crippen molar-refractivity contribution in [1.82, 2.24) is 9.55 Å². The quantitative estimate of drug-likeness (QED) is 0.398. The number of carbonyl (C=O) groups excluding carboxylic acids is 1. The van der Waals surface area contributed by atoms with Gasteiger partial charge in [-0.1, -0.05) is 35.5 Å². The van der Waals surface area contributed by atoms with E-state index in [1.54, 1.807) is 44.3 Å². The largest absolute Gasteiger partial charge is 0.293 e. The van der Waals surface area contributed by atoms with Gasteiger partial charge in [-0.15, -0.1) is 11.3 Å². The van der Waals surface area contributed by atoms with Crippen LogP contribution in [0.3, 0.4) is 0 Å². The van der Waals surface area contributed by atoms with Crippen molar-refractivity contribution in [3.8, 4) is 0 Å². The van der Waals surface area contributed by atoms with Crippen molar-refractivity contribution in [3.63, 3.8) is 0 Å². The standard InChI is InChI=1S/C16H13ClN2O2S2/c1-9(13(20)10-4-3-5-11(17)8-10)23-16-18-14-12(6-7-22-14)15(21)19(16)2/h3-9H,1-2H3/t9-/m0/s1. The number of halogens is 1. The van der Waals surface area contributed by atoms with E-state index in [1.165, 1.54) is 27.7 Å². The van der Waals surface area contributed by atoms with Crippen LogP contribution in [0, 0.1) is 0 Å². The van der Waals surface area contributed by atoms with Gasteiger partial charge in [-0.25, -0.2) is 4.98 Å². The summed E-state index contributed by atoms with van der Waals surface area (Å²) in [6.07, 6.45) is 0. The van der Waals surface area contributed by atoms with Crippen molar-refractivity contribution in [1.29, 1.82) is 0 Å². The zero-order valence-electron chi connectivity index (χ0n) is 12.4. The van der Waals surface area contributed by atoms with Crippen LogP contribution in [0.5, 0.6) is 0 Å². The van der Waals surface area contributed by atoms with Gasteiger partial charge >= 0.3 is 0 Å². The predicted molar refractivity (Wildman–Crippen MR) is 96.0 cm³/mol. The Balaban J connectivity index is 1.91. The molecule has 3 aromatic rings. The molecule has 23 heavy (non-hydrogen) atoms. The number of thiophene rings is 1. The maximum absolute atomic E-state index is 12.5. The summed E-state index contributed by atoms with van der Waals surface area (Å²) in [5.41, 5.74) is 0.459. The van der Waals surface area contributed by atoms with Gasteiger partial charge in [0.2, 0.25) is 0 Å². The second-order valence-corrected chi connectivity index (χ2v) is 7.67. The Labute approximate surface area is 146 Å². The number of hydrogen-bond donors (Lipinski definition) is 0. The van der Waals surface area contributed by atoms with Gasteiger partial charge in [0.15, 0.2) is 10.9 Å². The first-order valence-electron chi connectivity index (χ1n) is 6.88. The van der Waals surface area contributed by atoms with Crippen LogP contribution in [-0.4, -0.2) is 20.6 Å². The molecule has 0 unspecified atom stereocenters. The van der Waals surface area contributed by atoms with Gasteiger partial charge in [0, 0.05) is 17.6 Å². The number of thioether (sulfide) groups is 1. The van der Waals surface area contributed by atoms with Gasteiger partial charge in [0.05, 0.1) is 10.6 Å². The molecule has 0 spiro atoms. The first-order chi connectivity index (χ1) is 11.0. The average Bonchev–Trinajstić information content (AvgIpc) is 3.00. The van der Waals surface area contributed by atoms with E-state index in [0.29, 0.717) is 26.0 Å². The van der Waals surface area contributed by atoms with E-state index in [0.717, 1.165) is 0 Å². The molecular formula is C16H13ClN2O2S2. The zero-order valence-corrected chi connectivity index (χ0v) is 14.8. The number of aromatic nitrogens is 2. The fourth-order valence-corrected chi connectivity index (χ4v) is 4.12. The molecule has 0 aliphatic carbocycles. The molecule has 0 saturated heterocycles. The lowest BCUT2D eigenvalue weighted by molar-refractivity contribution is 0.0994. The number of carbonyl (C=O) groups is 1. The predicted octanol–water partition coefficient (Wildman–Crippen LogP) is 4.01. The van der Waals surface area contributed by atoms with Crippen molar-refractivity contribution in [3.05, 3.63) is 56.7 Å². The number of ketones is 1. The maximum Gasteiger partial charge on any atom is 0.262 e. The third-order valence-corrected chi connectivity index (χ3v) is 5.61. The maximum atomic E-state index is 12.5. The summed E-state index contributed by atoms with van der Waals surface area (Å²) in [5, 5.41) is 3.14. The first-order valence-corrected chi connectivity index (χ1v) is 9.02. The molecule has 2 heterocycles. The molecule has 0 fully saturated rings. The lowest BCUT2D eigenvalue weighted by atomic mass is 10.1. The van der Waals surface area contributed by atoms with E-state index in [4.69, 9.17) is 11.6 Å². The summed E-state index contributed by atoms with van der Waals surface area (Å²) >= 11 is 8.63. The van der Waals surface area contributed by atoms with Crippen LogP contribution < -0.4 is 5.56 Å². The Morgan fingerprint density at radius 3 is 2.91 bits per heavy atom. The van der Waals surface area contributed by atoms with E-state index >= 15 is 0 Å². The van der Waals surface area contributed by atoms with Crippen molar-refractivity contribution >= 4 is 50.7 Å². The Kier molecular flexibility index (Phi) is 4.57. The van der Waals surface area contributed by atoms with Gasteiger partial charge in [-0.2, -0.15) is 0 Å². The van der Waals surface area contributed by atoms with Crippen LogP contribution >= 0.6 is 34.7 Å². The Morgan fingerprint density at radius 2 is 2.17 bits per heavy atom. The van der Waals surface area contributed by atoms with Crippen LogP contribution in [-0.2, 0) is 7.05 Å². The monoisotopic (exact) mass is 364 g/mol. The molecular weight excluding hydrogens is 352 g/mol. The SMILES string of the molecule is C[C@H](Sc1nc2sccc2c(=O)n1C)C(=O)c1cccc(Cl)c1. The van der Waals surface area contributed by atoms with Crippen molar-refractivity contribution in [2.45, 2.75) is 17.3 Å². The Bertz CT molecular complexity index is 949. The van der Waals surface area contributed by atoms with E-state index in [9.17, 15) is 9.59 Å². The van der Waals surface area contributed by atoms with Gasteiger partial charge in [0.1, 0.15) is 4.83 Å². The van der Waals surface area contributed by atoms with E-state index < -0.39 is 0 Å². The topological polar surface area (TPSA) is 52.0 Å².